The molecule has 1 atom stereocenters. The Hall–Kier alpha value is -1.36. The summed E-state index contributed by atoms with van der Waals surface area (Å²) in [5.41, 5.74) is 5.93. The number of benzene rings is 1. The van der Waals surface area contributed by atoms with Gasteiger partial charge >= 0.3 is 0 Å². The number of nitrogens with zero attached hydrogens (tertiary/aromatic N) is 2. The largest absolute Gasteiger partial charge is 0.271 e. The molecular weight excluding hydrogens is 260 g/mol. The normalized spacial score (nSPS) is 12.6. The lowest BCUT2D eigenvalue weighted by Gasteiger charge is -2.16. The zero-order chi connectivity index (χ0) is 13.8. The predicted molar refractivity (Wildman–Crippen MR) is 77.8 cm³/mol. The number of hydrogen-bond acceptors (Lipinski definition) is 3. The van der Waals surface area contributed by atoms with Crippen molar-refractivity contribution in [2.24, 2.45) is 12.9 Å². The molecular formula is C14H19ClN4. The van der Waals surface area contributed by atoms with E-state index in [4.69, 9.17) is 17.4 Å². The van der Waals surface area contributed by atoms with Crippen LogP contribution in [0.25, 0.3) is 0 Å². The molecule has 0 amide bonds. The van der Waals surface area contributed by atoms with E-state index < -0.39 is 0 Å². The fraction of sp³-hybridized carbons (Fsp3) is 0.357. The minimum absolute atomic E-state index is 0.0267. The highest BCUT2D eigenvalue weighted by atomic mass is 35.5. The fourth-order valence-corrected chi connectivity index (χ4v) is 2.56. The average molecular weight is 279 g/mol. The van der Waals surface area contributed by atoms with Crippen molar-refractivity contribution in [2.45, 2.75) is 25.8 Å². The van der Waals surface area contributed by atoms with Crippen molar-refractivity contribution in [1.29, 1.82) is 0 Å². The highest BCUT2D eigenvalue weighted by molar-refractivity contribution is 6.31. The van der Waals surface area contributed by atoms with Crippen molar-refractivity contribution < 1.29 is 0 Å². The van der Waals surface area contributed by atoms with Gasteiger partial charge in [0, 0.05) is 13.5 Å². The molecule has 4 nitrogen and oxygen atoms in total. The van der Waals surface area contributed by atoms with E-state index in [1.165, 1.54) is 0 Å². The lowest BCUT2D eigenvalue weighted by Crippen LogP contribution is -2.30. The average Bonchev–Trinajstić information content (AvgIpc) is 2.72. The number of nitrogens with two attached hydrogens (primary N) is 1. The molecule has 0 aliphatic heterocycles. The Morgan fingerprint density at radius 2 is 2.05 bits per heavy atom. The molecule has 0 radical (unpaired) electrons. The van der Waals surface area contributed by atoms with E-state index >= 15 is 0 Å². The SMILES string of the molecule is CCc1nn(C)c(CC(NN)c2ccccc2)c1Cl. The second kappa shape index (κ2) is 6.19. The van der Waals surface area contributed by atoms with E-state index in [0.29, 0.717) is 6.42 Å². The van der Waals surface area contributed by atoms with Gasteiger partial charge in [0.05, 0.1) is 22.5 Å². The molecule has 1 heterocycles. The molecule has 1 aromatic heterocycles. The van der Waals surface area contributed by atoms with Crippen LogP contribution in [0.4, 0.5) is 0 Å². The van der Waals surface area contributed by atoms with Crippen LogP contribution in [0.15, 0.2) is 30.3 Å². The third kappa shape index (κ3) is 2.97. The molecule has 0 saturated heterocycles. The second-order valence-electron chi connectivity index (χ2n) is 4.52. The zero-order valence-electron chi connectivity index (χ0n) is 11.2. The Balaban J connectivity index is 2.26. The lowest BCUT2D eigenvalue weighted by molar-refractivity contribution is 0.530. The minimum Gasteiger partial charge on any atom is -0.271 e. The van der Waals surface area contributed by atoms with Gasteiger partial charge in [-0.25, -0.2) is 0 Å². The number of hydrogen-bond donors (Lipinski definition) is 2. The highest BCUT2D eigenvalue weighted by Gasteiger charge is 2.18. The number of rotatable bonds is 5. The fourth-order valence-electron chi connectivity index (χ4n) is 2.19. The van der Waals surface area contributed by atoms with Gasteiger partial charge in [0.25, 0.3) is 0 Å². The minimum atomic E-state index is 0.0267. The predicted octanol–water partition coefficient (Wildman–Crippen LogP) is 2.38. The van der Waals surface area contributed by atoms with E-state index in [1.54, 1.807) is 0 Å². The molecule has 1 unspecified atom stereocenters. The summed E-state index contributed by atoms with van der Waals surface area (Å²) >= 11 is 6.37. The Bertz CT molecular complexity index is 536. The van der Waals surface area contributed by atoms with Crippen LogP contribution in [0.5, 0.6) is 0 Å². The van der Waals surface area contributed by atoms with Gasteiger partial charge in [0.1, 0.15) is 0 Å². The Kier molecular flexibility index (Phi) is 4.58. The quantitative estimate of drug-likeness (QED) is 0.652. The standard InChI is InChI=1S/C14H19ClN4/c1-3-11-14(15)13(19(2)18-11)9-12(17-16)10-7-5-4-6-8-10/h4-8,12,17H,3,9,16H2,1-2H3. The first-order valence-electron chi connectivity index (χ1n) is 6.38. The van der Waals surface area contributed by atoms with Crippen molar-refractivity contribution in [1.82, 2.24) is 15.2 Å². The number of halogens is 1. The Morgan fingerprint density at radius 3 is 2.58 bits per heavy atom. The molecule has 2 aromatic rings. The topological polar surface area (TPSA) is 55.9 Å². The summed E-state index contributed by atoms with van der Waals surface area (Å²) in [5, 5.41) is 5.18. The van der Waals surface area contributed by atoms with E-state index in [2.05, 4.69) is 22.7 Å². The molecule has 0 fully saturated rings. The first-order valence-corrected chi connectivity index (χ1v) is 6.76. The van der Waals surface area contributed by atoms with Gasteiger partial charge in [-0.2, -0.15) is 5.10 Å². The van der Waals surface area contributed by atoms with Crippen molar-refractivity contribution in [3.8, 4) is 0 Å². The monoisotopic (exact) mass is 278 g/mol. The molecule has 2 rings (SSSR count). The van der Waals surface area contributed by atoms with Crippen molar-refractivity contribution >= 4 is 11.6 Å². The number of nitrogens with one attached hydrogen (secondary N) is 1. The van der Waals surface area contributed by atoms with Crippen LogP contribution in [-0.4, -0.2) is 9.78 Å². The molecule has 0 aliphatic carbocycles. The maximum absolute atomic E-state index is 6.37. The van der Waals surface area contributed by atoms with Crippen molar-refractivity contribution in [3.63, 3.8) is 0 Å². The molecule has 102 valence electrons. The maximum atomic E-state index is 6.37. The van der Waals surface area contributed by atoms with E-state index in [-0.39, 0.29) is 6.04 Å². The van der Waals surface area contributed by atoms with Crippen LogP contribution >= 0.6 is 11.6 Å². The molecule has 5 heteroatoms. The maximum Gasteiger partial charge on any atom is 0.0850 e. The van der Waals surface area contributed by atoms with Gasteiger partial charge in [-0.3, -0.25) is 16.0 Å². The second-order valence-corrected chi connectivity index (χ2v) is 4.90. The lowest BCUT2D eigenvalue weighted by atomic mass is 10.0. The van der Waals surface area contributed by atoms with E-state index in [9.17, 15) is 0 Å². The molecule has 0 saturated carbocycles. The number of aryl methyl sites for hydroxylation is 2. The van der Waals surface area contributed by atoms with E-state index in [1.807, 2.05) is 36.9 Å². The van der Waals surface area contributed by atoms with Crippen molar-refractivity contribution in [3.05, 3.63) is 52.3 Å². The van der Waals surface area contributed by atoms with Gasteiger partial charge in [0.15, 0.2) is 0 Å². The number of aromatic nitrogens is 2. The summed E-state index contributed by atoms with van der Waals surface area (Å²) in [6.45, 7) is 2.05. The first-order chi connectivity index (χ1) is 9.17. The molecule has 0 bridgehead atoms. The van der Waals surface area contributed by atoms with Crippen molar-refractivity contribution in [2.75, 3.05) is 0 Å². The smallest absolute Gasteiger partial charge is 0.0850 e. The van der Waals surface area contributed by atoms with Crippen LogP contribution in [0.2, 0.25) is 5.02 Å². The summed E-state index contributed by atoms with van der Waals surface area (Å²) in [7, 11) is 1.92. The zero-order valence-corrected chi connectivity index (χ0v) is 12.0. The van der Waals surface area contributed by atoms with E-state index in [0.717, 1.165) is 28.4 Å². The first kappa shape index (κ1) is 14.1. The van der Waals surface area contributed by atoms with Gasteiger partial charge < -0.3 is 0 Å². The number of hydrazine groups is 1. The summed E-state index contributed by atoms with van der Waals surface area (Å²) in [4.78, 5) is 0. The third-order valence-corrected chi connectivity index (χ3v) is 3.74. The molecule has 0 spiro atoms. The van der Waals surface area contributed by atoms with Crippen LogP contribution in [0.1, 0.15) is 29.9 Å². The highest BCUT2D eigenvalue weighted by Crippen LogP contribution is 2.25. The summed E-state index contributed by atoms with van der Waals surface area (Å²) in [5.74, 6) is 5.67. The summed E-state index contributed by atoms with van der Waals surface area (Å²) in [6, 6.07) is 10.1. The molecule has 19 heavy (non-hydrogen) atoms. The third-order valence-electron chi connectivity index (χ3n) is 3.30. The van der Waals surface area contributed by atoms with Gasteiger partial charge in [-0.1, -0.05) is 48.9 Å². The Morgan fingerprint density at radius 1 is 1.37 bits per heavy atom. The molecule has 0 aliphatic rings. The summed E-state index contributed by atoms with van der Waals surface area (Å²) in [6.07, 6.45) is 1.54. The van der Waals surface area contributed by atoms with Crippen LogP contribution < -0.4 is 11.3 Å². The molecule has 1 aromatic carbocycles. The van der Waals surface area contributed by atoms with Crippen LogP contribution in [-0.2, 0) is 19.9 Å². The van der Waals surface area contributed by atoms with Gasteiger partial charge in [0.2, 0.25) is 0 Å². The van der Waals surface area contributed by atoms with Crippen LogP contribution in [0, 0.1) is 0 Å². The summed E-state index contributed by atoms with van der Waals surface area (Å²) < 4.78 is 1.84. The van der Waals surface area contributed by atoms with Gasteiger partial charge in [-0.05, 0) is 12.0 Å². The molecule has 3 N–H and O–H groups in total. The Labute approximate surface area is 118 Å². The van der Waals surface area contributed by atoms with Gasteiger partial charge in [-0.15, -0.1) is 0 Å². The van der Waals surface area contributed by atoms with Crippen LogP contribution in [0.3, 0.4) is 0 Å².